The molecule has 0 aliphatic carbocycles. The standard InChI is InChI=1S/C14H19FN4O/c1-2-3-10(6-7-20)17-13-11-5-4-9(15)8-12(11)18-14(16)19-13/h4-5,8,10,20H,2-3,6-7H2,1H3,(H3,16,17,18,19)/t10-/m0/s1. The van der Waals surface area contributed by atoms with Crippen molar-refractivity contribution < 1.29 is 9.50 Å². The molecule has 4 N–H and O–H groups in total. The number of nitrogens with one attached hydrogen (secondary N) is 1. The van der Waals surface area contributed by atoms with Crippen LogP contribution in [0.5, 0.6) is 0 Å². The number of rotatable bonds is 6. The van der Waals surface area contributed by atoms with Gasteiger partial charge in [0.15, 0.2) is 0 Å². The van der Waals surface area contributed by atoms with E-state index in [0.717, 1.165) is 18.2 Å². The van der Waals surface area contributed by atoms with Gasteiger partial charge in [0.25, 0.3) is 0 Å². The summed E-state index contributed by atoms with van der Waals surface area (Å²) >= 11 is 0. The number of nitrogen functional groups attached to an aromatic ring is 1. The highest BCUT2D eigenvalue weighted by Crippen LogP contribution is 2.23. The molecule has 1 heterocycles. The number of hydrogen-bond acceptors (Lipinski definition) is 5. The molecule has 2 aromatic rings. The van der Waals surface area contributed by atoms with Crippen LogP contribution in [0.1, 0.15) is 26.2 Å². The van der Waals surface area contributed by atoms with Crippen LogP contribution in [-0.4, -0.2) is 27.7 Å². The lowest BCUT2D eigenvalue weighted by atomic mass is 10.1. The Balaban J connectivity index is 2.37. The van der Waals surface area contributed by atoms with Gasteiger partial charge in [-0.2, -0.15) is 4.98 Å². The Morgan fingerprint density at radius 2 is 2.15 bits per heavy atom. The molecule has 0 saturated heterocycles. The Labute approximate surface area is 117 Å². The average Bonchev–Trinajstić information content (AvgIpc) is 2.38. The molecule has 1 atom stereocenters. The number of hydrogen-bond donors (Lipinski definition) is 3. The summed E-state index contributed by atoms with van der Waals surface area (Å²) in [5.74, 6) is 0.325. The number of nitrogens with two attached hydrogens (primary N) is 1. The second-order valence-electron chi connectivity index (χ2n) is 4.73. The minimum absolute atomic E-state index is 0.102. The lowest BCUT2D eigenvalue weighted by Gasteiger charge is -2.19. The highest BCUT2D eigenvalue weighted by atomic mass is 19.1. The minimum atomic E-state index is -0.359. The van der Waals surface area contributed by atoms with E-state index in [2.05, 4.69) is 22.2 Å². The van der Waals surface area contributed by atoms with Crippen molar-refractivity contribution in [2.75, 3.05) is 17.7 Å². The lowest BCUT2D eigenvalue weighted by Crippen LogP contribution is -2.22. The molecule has 2 rings (SSSR count). The smallest absolute Gasteiger partial charge is 0.222 e. The molecule has 20 heavy (non-hydrogen) atoms. The number of nitrogens with zero attached hydrogens (tertiary/aromatic N) is 2. The first kappa shape index (κ1) is 14.5. The molecule has 0 unspecified atom stereocenters. The molecule has 5 nitrogen and oxygen atoms in total. The normalized spacial score (nSPS) is 12.6. The Bertz CT molecular complexity index is 579. The average molecular weight is 278 g/mol. The number of aromatic nitrogens is 2. The third-order valence-electron chi connectivity index (χ3n) is 3.13. The molecular formula is C14H19FN4O. The maximum atomic E-state index is 13.2. The van der Waals surface area contributed by atoms with Crippen LogP contribution in [0.2, 0.25) is 0 Å². The zero-order chi connectivity index (χ0) is 14.5. The summed E-state index contributed by atoms with van der Waals surface area (Å²) in [6.45, 7) is 2.18. The van der Waals surface area contributed by atoms with E-state index in [1.165, 1.54) is 12.1 Å². The first-order valence-corrected chi connectivity index (χ1v) is 6.74. The Morgan fingerprint density at radius 1 is 1.35 bits per heavy atom. The van der Waals surface area contributed by atoms with Gasteiger partial charge in [-0.1, -0.05) is 13.3 Å². The van der Waals surface area contributed by atoms with Crippen molar-refractivity contribution in [3.8, 4) is 0 Å². The summed E-state index contributed by atoms with van der Waals surface area (Å²) in [6.07, 6.45) is 2.53. The number of fused-ring (bicyclic) bond motifs is 1. The predicted octanol–water partition coefficient (Wildman–Crippen LogP) is 2.31. The molecule has 0 bridgehead atoms. The molecule has 0 spiro atoms. The van der Waals surface area contributed by atoms with Crippen molar-refractivity contribution in [3.63, 3.8) is 0 Å². The second kappa shape index (κ2) is 6.47. The van der Waals surface area contributed by atoms with E-state index in [0.29, 0.717) is 17.8 Å². The van der Waals surface area contributed by atoms with E-state index in [1.807, 2.05) is 0 Å². The van der Waals surface area contributed by atoms with E-state index >= 15 is 0 Å². The van der Waals surface area contributed by atoms with Gasteiger partial charge in [0.05, 0.1) is 5.52 Å². The number of halogens is 1. The van der Waals surface area contributed by atoms with Gasteiger partial charge < -0.3 is 16.2 Å². The van der Waals surface area contributed by atoms with Crippen molar-refractivity contribution in [2.45, 2.75) is 32.2 Å². The largest absolute Gasteiger partial charge is 0.396 e. The summed E-state index contributed by atoms with van der Waals surface area (Å²) in [7, 11) is 0. The molecule has 6 heteroatoms. The molecule has 0 saturated carbocycles. The fraction of sp³-hybridized carbons (Fsp3) is 0.429. The van der Waals surface area contributed by atoms with Gasteiger partial charge in [0, 0.05) is 24.1 Å². The van der Waals surface area contributed by atoms with Crippen LogP contribution in [0.4, 0.5) is 16.2 Å². The maximum absolute atomic E-state index is 13.2. The monoisotopic (exact) mass is 278 g/mol. The molecule has 0 fully saturated rings. The third-order valence-corrected chi connectivity index (χ3v) is 3.13. The SMILES string of the molecule is CCC[C@@H](CCO)Nc1nc(N)nc2cc(F)ccc12. The predicted molar refractivity (Wildman–Crippen MR) is 77.9 cm³/mol. The lowest BCUT2D eigenvalue weighted by molar-refractivity contribution is 0.276. The van der Waals surface area contributed by atoms with Crippen molar-refractivity contribution in [1.29, 1.82) is 0 Å². The zero-order valence-electron chi connectivity index (χ0n) is 11.4. The van der Waals surface area contributed by atoms with E-state index in [1.54, 1.807) is 6.07 Å². The summed E-state index contributed by atoms with van der Waals surface area (Å²) < 4.78 is 13.2. The number of aliphatic hydroxyl groups is 1. The number of benzene rings is 1. The van der Waals surface area contributed by atoms with E-state index in [9.17, 15) is 4.39 Å². The van der Waals surface area contributed by atoms with Crippen LogP contribution in [0, 0.1) is 5.82 Å². The summed E-state index contributed by atoms with van der Waals surface area (Å²) in [6, 6.07) is 4.44. The fourth-order valence-corrected chi connectivity index (χ4v) is 2.22. The van der Waals surface area contributed by atoms with Crippen LogP contribution in [0.25, 0.3) is 10.9 Å². The molecule has 0 amide bonds. The quantitative estimate of drug-likeness (QED) is 0.755. The van der Waals surface area contributed by atoms with Crippen molar-refractivity contribution in [2.24, 2.45) is 0 Å². The van der Waals surface area contributed by atoms with Crippen molar-refractivity contribution >= 4 is 22.7 Å². The third kappa shape index (κ3) is 3.33. The van der Waals surface area contributed by atoms with Crippen molar-refractivity contribution in [3.05, 3.63) is 24.0 Å². The number of aliphatic hydroxyl groups excluding tert-OH is 1. The zero-order valence-corrected chi connectivity index (χ0v) is 11.4. The fourth-order valence-electron chi connectivity index (χ4n) is 2.22. The van der Waals surface area contributed by atoms with Gasteiger partial charge in [-0.05, 0) is 25.0 Å². The topological polar surface area (TPSA) is 84.1 Å². The van der Waals surface area contributed by atoms with Gasteiger partial charge in [-0.15, -0.1) is 0 Å². The maximum Gasteiger partial charge on any atom is 0.222 e. The van der Waals surface area contributed by atoms with Gasteiger partial charge in [-0.3, -0.25) is 0 Å². The summed E-state index contributed by atoms with van der Waals surface area (Å²) in [4.78, 5) is 8.22. The molecular weight excluding hydrogens is 259 g/mol. The van der Waals surface area contributed by atoms with Crippen LogP contribution < -0.4 is 11.1 Å². The molecule has 0 aliphatic rings. The van der Waals surface area contributed by atoms with Gasteiger partial charge in [0.1, 0.15) is 11.6 Å². The van der Waals surface area contributed by atoms with E-state index in [-0.39, 0.29) is 24.4 Å². The van der Waals surface area contributed by atoms with Gasteiger partial charge in [-0.25, -0.2) is 9.37 Å². The van der Waals surface area contributed by atoms with Crippen LogP contribution in [0.15, 0.2) is 18.2 Å². The van der Waals surface area contributed by atoms with E-state index in [4.69, 9.17) is 10.8 Å². The van der Waals surface area contributed by atoms with Crippen LogP contribution >= 0.6 is 0 Å². The van der Waals surface area contributed by atoms with E-state index < -0.39 is 0 Å². The minimum Gasteiger partial charge on any atom is -0.396 e. The highest BCUT2D eigenvalue weighted by molar-refractivity contribution is 5.90. The van der Waals surface area contributed by atoms with Crippen LogP contribution in [-0.2, 0) is 0 Å². The highest BCUT2D eigenvalue weighted by Gasteiger charge is 2.12. The summed E-state index contributed by atoms with van der Waals surface area (Å²) in [5.41, 5.74) is 6.14. The summed E-state index contributed by atoms with van der Waals surface area (Å²) in [5, 5.41) is 13.1. The molecule has 1 aromatic heterocycles. The first-order valence-electron chi connectivity index (χ1n) is 6.74. The van der Waals surface area contributed by atoms with Gasteiger partial charge >= 0.3 is 0 Å². The number of anilines is 2. The Kier molecular flexibility index (Phi) is 4.68. The van der Waals surface area contributed by atoms with Gasteiger partial charge in [0.2, 0.25) is 5.95 Å². The molecule has 108 valence electrons. The molecule has 1 aromatic carbocycles. The van der Waals surface area contributed by atoms with Crippen LogP contribution in [0.3, 0.4) is 0 Å². The molecule has 0 aliphatic heterocycles. The Morgan fingerprint density at radius 3 is 2.85 bits per heavy atom. The Hall–Kier alpha value is -1.95. The first-order chi connectivity index (χ1) is 9.63. The second-order valence-corrected chi connectivity index (χ2v) is 4.73. The van der Waals surface area contributed by atoms with Crippen molar-refractivity contribution in [1.82, 2.24) is 9.97 Å². The molecule has 0 radical (unpaired) electrons.